The lowest BCUT2D eigenvalue weighted by molar-refractivity contribution is -0.384. The van der Waals surface area contributed by atoms with Crippen LogP contribution in [0.1, 0.15) is 21.5 Å². The highest BCUT2D eigenvalue weighted by atomic mass is 32.2. The van der Waals surface area contributed by atoms with Gasteiger partial charge in [0.05, 0.1) is 40.8 Å². The van der Waals surface area contributed by atoms with Crippen molar-refractivity contribution in [2.75, 3.05) is 7.11 Å². The Morgan fingerprint density at radius 1 is 1.14 bits per heavy atom. The van der Waals surface area contributed by atoms with Gasteiger partial charge in [-0.1, -0.05) is 24.3 Å². The van der Waals surface area contributed by atoms with E-state index in [-0.39, 0.29) is 22.7 Å². The summed E-state index contributed by atoms with van der Waals surface area (Å²) >= 11 is 0. The lowest BCUT2D eigenvalue weighted by Gasteiger charge is -2.12. The molecule has 3 aromatic carbocycles. The minimum atomic E-state index is -4.07. The van der Waals surface area contributed by atoms with E-state index in [1.54, 1.807) is 48.1 Å². The van der Waals surface area contributed by atoms with Crippen LogP contribution in [0.4, 0.5) is 5.69 Å². The Labute approximate surface area is 200 Å². The van der Waals surface area contributed by atoms with E-state index in [9.17, 15) is 23.3 Å². The number of ether oxygens (including phenoxy) is 1. The van der Waals surface area contributed by atoms with Crippen molar-refractivity contribution in [1.82, 2.24) is 14.7 Å². The van der Waals surface area contributed by atoms with Crippen molar-refractivity contribution in [2.24, 2.45) is 0 Å². The molecule has 0 aliphatic rings. The van der Waals surface area contributed by atoms with Gasteiger partial charge in [0.1, 0.15) is 5.75 Å². The molecule has 1 heterocycles. The molecular formula is C23H20N4O7S. The fourth-order valence-electron chi connectivity index (χ4n) is 3.52. The minimum Gasteiger partial charge on any atom is -0.496 e. The van der Waals surface area contributed by atoms with E-state index in [1.807, 2.05) is 4.89 Å². The van der Waals surface area contributed by atoms with Crippen molar-refractivity contribution in [3.8, 4) is 5.75 Å². The molecule has 0 amide bonds. The number of nitrogens with zero attached hydrogens (tertiary/aromatic N) is 3. The summed E-state index contributed by atoms with van der Waals surface area (Å²) in [4.78, 5) is 29.8. The van der Waals surface area contributed by atoms with Gasteiger partial charge in [-0.25, -0.2) is 13.2 Å². The molecule has 11 nitrogen and oxygen atoms in total. The Morgan fingerprint density at radius 2 is 1.91 bits per heavy atom. The number of aryl methyl sites for hydroxylation is 1. The van der Waals surface area contributed by atoms with E-state index < -0.39 is 20.9 Å². The monoisotopic (exact) mass is 496 g/mol. The summed E-state index contributed by atoms with van der Waals surface area (Å²) in [6.45, 7) is 1.84. The molecule has 0 unspecified atom stereocenters. The van der Waals surface area contributed by atoms with Crippen LogP contribution in [0.3, 0.4) is 0 Å². The molecule has 0 saturated heterocycles. The van der Waals surface area contributed by atoms with E-state index >= 15 is 0 Å². The fraction of sp³-hybridized carbons (Fsp3) is 0.130. The Balaban J connectivity index is 1.53. The van der Waals surface area contributed by atoms with Gasteiger partial charge < -0.3 is 9.57 Å². The third kappa shape index (κ3) is 4.98. The molecule has 12 heteroatoms. The predicted molar refractivity (Wildman–Crippen MR) is 125 cm³/mol. The summed E-state index contributed by atoms with van der Waals surface area (Å²) in [5.41, 5.74) is 1.70. The van der Waals surface area contributed by atoms with Gasteiger partial charge in [-0.05, 0) is 41.6 Å². The van der Waals surface area contributed by atoms with Crippen LogP contribution in [0, 0.1) is 17.0 Å². The van der Waals surface area contributed by atoms with Crippen molar-refractivity contribution >= 4 is 32.6 Å². The third-order valence-corrected chi connectivity index (χ3v) is 6.65. The third-order valence-electron chi connectivity index (χ3n) is 5.31. The number of rotatable bonds is 8. The minimum absolute atomic E-state index is 0.00702. The van der Waals surface area contributed by atoms with Gasteiger partial charge in [-0.15, -0.1) is 0 Å². The zero-order valence-electron chi connectivity index (χ0n) is 18.7. The number of fused-ring (bicyclic) bond motifs is 1. The van der Waals surface area contributed by atoms with Crippen LogP contribution in [0.15, 0.2) is 71.8 Å². The molecule has 1 N–H and O–H groups in total. The lowest BCUT2D eigenvalue weighted by atomic mass is 10.1. The number of nitro groups is 1. The van der Waals surface area contributed by atoms with Gasteiger partial charge >= 0.3 is 5.97 Å². The van der Waals surface area contributed by atoms with Crippen molar-refractivity contribution < 1.29 is 27.7 Å². The van der Waals surface area contributed by atoms with Crippen LogP contribution in [0.5, 0.6) is 5.75 Å². The normalized spacial score (nSPS) is 11.4. The Hall–Kier alpha value is -4.29. The standard InChI is InChI=1S/C23H20N4O7S/c1-15-5-3-4-6-22(15)35(31,32)25-34-23(28)16-7-8-18(21(11-16)33-2)14-26-20-12-19(27(29)30)10-9-17(20)13-24-26/h3-13,25H,14H2,1-2H3. The number of non-ortho nitro benzene ring substituents is 1. The molecule has 180 valence electrons. The van der Waals surface area contributed by atoms with E-state index in [2.05, 4.69) is 5.10 Å². The Kier molecular flexibility index (Phi) is 6.49. The van der Waals surface area contributed by atoms with E-state index in [1.165, 1.54) is 37.4 Å². The van der Waals surface area contributed by atoms with Crippen molar-refractivity contribution in [3.63, 3.8) is 0 Å². The van der Waals surface area contributed by atoms with E-state index in [4.69, 9.17) is 9.57 Å². The number of methoxy groups -OCH3 is 1. The number of nitrogens with one attached hydrogen (secondary N) is 1. The molecule has 0 aliphatic heterocycles. The molecule has 0 aliphatic carbocycles. The number of carbonyl (C=O) groups excluding carboxylic acids is 1. The summed E-state index contributed by atoms with van der Waals surface area (Å²) in [5.74, 6) is -0.595. The number of aromatic nitrogens is 2. The summed E-state index contributed by atoms with van der Waals surface area (Å²) < 4.78 is 31.9. The first kappa shape index (κ1) is 23.9. The second-order valence-electron chi connectivity index (χ2n) is 7.57. The van der Waals surface area contributed by atoms with Crippen molar-refractivity contribution in [3.05, 3.63) is 93.7 Å². The number of hydrogen-bond donors (Lipinski definition) is 1. The first-order valence-corrected chi connectivity index (χ1v) is 11.7. The van der Waals surface area contributed by atoms with Gasteiger partial charge in [0, 0.05) is 23.1 Å². The second kappa shape index (κ2) is 9.52. The number of benzene rings is 3. The topological polar surface area (TPSA) is 143 Å². The molecule has 0 saturated carbocycles. The Bertz CT molecular complexity index is 1550. The van der Waals surface area contributed by atoms with Crippen LogP contribution in [-0.2, 0) is 21.4 Å². The van der Waals surface area contributed by atoms with Gasteiger partial charge in [-0.2, -0.15) is 5.10 Å². The second-order valence-corrected chi connectivity index (χ2v) is 9.18. The van der Waals surface area contributed by atoms with Crippen LogP contribution in [-0.4, -0.2) is 36.2 Å². The zero-order valence-corrected chi connectivity index (χ0v) is 19.5. The van der Waals surface area contributed by atoms with Crippen LogP contribution < -0.4 is 9.62 Å². The average molecular weight is 497 g/mol. The molecule has 0 fully saturated rings. The lowest BCUT2D eigenvalue weighted by Crippen LogP contribution is -2.28. The molecular weight excluding hydrogens is 476 g/mol. The highest BCUT2D eigenvalue weighted by Gasteiger charge is 2.20. The highest BCUT2D eigenvalue weighted by Crippen LogP contribution is 2.25. The summed E-state index contributed by atoms with van der Waals surface area (Å²) in [5, 5.41) is 16.1. The molecule has 0 atom stereocenters. The van der Waals surface area contributed by atoms with Crippen LogP contribution >= 0.6 is 0 Å². The molecule has 35 heavy (non-hydrogen) atoms. The number of sulfonamides is 1. The Morgan fingerprint density at radius 3 is 2.63 bits per heavy atom. The molecule has 0 spiro atoms. The molecule has 0 radical (unpaired) electrons. The van der Waals surface area contributed by atoms with Crippen LogP contribution in [0.2, 0.25) is 0 Å². The quantitative estimate of drug-likeness (QED) is 0.289. The maximum Gasteiger partial charge on any atom is 0.357 e. The molecule has 4 rings (SSSR count). The number of nitro benzene ring substituents is 1. The first-order chi connectivity index (χ1) is 16.7. The summed E-state index contributed by atoms with van der Waals surface area (Å²) in [7, 11) is -2.65. The largest absolute Gasteiger partial charge is 0.496 e. The average Bonchev–Trinajstić information content (AvgIpc) is 3.25. The summed E-state index contributed by atoms with van der Waals surface area (Å²) in [6, 6.07) is 15.2. The van der Waals surface area contributed by atoms with Crippen molar-refractivity contribution in [2.45, 2.75) is 18.4 Å². The van der Waals surface area contributed by atoms with Gasteiger partial charge in [0.15, 0.2) is 0 Å². The van der Waals surface area contributed by atoms with E-state index in [0.717, 1.165) is 5.39 Å². The van der Waals surface area contributed by atoms with Gasteiger partial charge in [0.25, 0.3) is 15.7 Å². The zero-order chi connectivity index (χ0) is 25.2. The maximum absolute atomic E-state index is 12.5. The highest BCUT2D eigenvalue weighted by molar-refractivity contribution is 7.89. The number of hydrogen-bond acceptors (Lipinski definition) is 8. The summed E-state index contributed by atoms with van der Waals surface area (Å²) in [6.07, 6.45) is 1.60. The van der Waals surface area contributed by atoms with Crippen molar-refractivity contribution in [1.29, 1.82) is 0 Å². The molecule has 0 bridgehead atoms. The molecule has 4 aromatic rings. The predicted octanol–water partition coefficient (Wildman–Crippen LogP) is 3.36. The SMILES string of the molecule is COc1cc(C(=O)ONS(=O)(=O)c2ccccc2C)ccc1Cn1ncc2ccc([N+](=O)[O-])cc21. The smallest absolute Gasteiger partial charge is 0.357 e. The van der Waals surface area contributed by atoms with Gasteiger partial charge in [-0.3, -0.25) is 14.8 Å². The first-order valence-electron chi connectivity index (χ1n) is 10.2. The van der Waals surface area contributed by atoms with Gasteiger partial charge in [0.2, 0.25) is 0 Å². The molecule has 1 aromatic heterocycles. The maximum atomic E-state index is 12.5. The fourth-order valence-corrected chi connectivity index (χ4v) is 4.54. The van der Waals surface area contributed by atoms with Crippen LogP contribution in [0.25, 0.3) is 10.9 Å². The van der Waals surface area contributed by atoms with E-state index in [0.29, 0.717) is 22.4 Å². The number of carbonyl (C=O) groups is 1.